The minimum atomic E-state index is -4.65. The fourth-order valence-corrected chi connectivity index (χ4v) is 4.44. The summed E-state index contributed by atoms with van der Waals surface area (Å²) in [4.78, 5) is 22.6. The highest BCUT2D eigenvalue weighted by Crippen LogP contribution is 2.54. The number of anilines is 1. The fraction of sp³-hybridized carbons (Fsp3) is 0.263. The van der Waals surface area contributed by atoms with Gasteiger partial charge in [-0.25, -0.2) is 14.5 Å². The van der Waals surface area contributed by atoms with Gasteiger partial charge in [0.1, 0.15) is 5.41 Å². The summed E-state index contributed by atoms with van der Waals surface area (Å²) in [7, 11) is 0. The van der Waals surface area contributed by atoms with E-state index in [1.54, 1.807) is 0 Å². The number of carbonyl (C=O) groups is 1. The number of amides is 1. The molecule has 0 radical (unpaired) electrons. The van der Waals surface area contributed by atoms with E-state index in [1.807, 2.05) is 0 Å². The lowest BCUT2D eigenvalue weighted by molar-refractivity contribution is -0.187. The molecule has 1 N–H and O–H groups in total. The van der Waals surface area contributed by atoms with E-state index in [-0.39, 0.29) is 38.6 Å². The maximum atomic E-state index is 14.2. The van der Waals surface area contributed by atoms with Crippen LogP contribution in [0.4, 0.5) is 18.9 Å². The summed E-state index contributed by atoms with van der Waals surface area (Å²) in [6.45, 7) is 1.04. The number of alkyl halides is 3. The van der Waals surface area contributed by atoms with Crippen molar-refractivity contribution in [3.05, 3.63) is 58.4 Å². The number of rotatable bonds is 3. The lowest BCUT2D eigenvalue weighted by atomic mass is 9.85. The molecule has 4 aromatic heterocycles. The Bertz CT molecular complexity index is 1390. The average molecular weight is 497 g/mol. The van der Waals surface area contributed by atoms with Crippen LogP contribution in [0.5, 0.6) is 0 Å². The quantitative estimate of drug-likeness (QED) is 0.460. The van der Waals surface area contributed by atoms with E-state index in [0.717, 1.165) is 11.4 Å². The van der Waals surface area contributed by atoms with E-state index >= 15 is 0 Å². The molecule has 33 heavy (non-hydrogen) atoms. The maximum absolute atomic E-state index is 14.2. The zero-order valence-electron chi connectivity index (χ0n) is 16.7. The topological polar surface area (TPSA) is 103 Å². The molecule has 14 heteroatoms. The summed E-state index contributed by atoms with van der Waals surface area (Å²) in [5, 5.41) is 14.6. The summed E-state index contributed by atoms with van der Waals surface area (Å²) in [5.41, 5.74) is -2.01. The first-order valence-corrected chi connectivity index (χ1v) is 10.3. The first-order chi connectivity index (χ1) is 15.6. The number of hydrogen-bond donors (Lipinski definition) is 1. The standard InChI is InChI=1S/C19H13Cl2F3N8O/c1-18(19(22,23)24)6-10(11-8-25-14-5-13(21)30-31(14)15(11)18)17(33)29-9-4-12(20)16(26-7-9)32-27-2-3-28-32/h2-5,7-8,10H,6H2,1H3,(H,29,33)/t10-,18-/m0/s1. The summed E-state index contributed by atoms with van der Waals surface area (Å²) < 4.78 is 43.6. The Balaban J connectivity index is 1.51. The van der Waals surface area contributed by atoms with Crippen molar-refractivity contribution in [3.63, 3.8) is 0 Å². The van der Waals surface area contributed by atoms with Crippen LogP contribution >= 0.6 is 23.2 Å². The second-order valence-electron chi connectivity index (χ2n) is 7.72. The van der Waals surface area contributed by atoms with Gasteiger partial charge >= 0.3 is 6.18 Å². The molecule has 4 aromatic rings. The van der Waals surface area contributed by atoms with Gasteiger partial charge in [-0.1, -0.05) is 23.2 Å². The van der Waals surface area contributed by atoms with Crippen molar-refractivity contribution in [2.75, 3.05) is 5.32 Å². The summed E-state index contributed by atoms with van der Waals surface area (Å²) >= 11 is 12.1. The molecule has 0 saturated carbocycles. The maximum Gasteiger partial charge on any atom is 0.399 e. The van der Waals surface area contributed by atoms with Gasteiger partial charge in [0.05, 0.1) is 40.9 Å². The number of aromatic nitrogens is 7. The van der Waals surface area contributed by atoms with Gasteiger partial charge in [-0.15, -0.1) is 4.80 Å². The Hall–Kier alpha value is -3.25. The minimum absolute atomic E-state index is 0.000744. The molecule has 1 aliphatic carbocycles. The number of nitrogens with zero attached hydrogens (tertiary/aromatic N) is 7. The van der Waals surface area contributed by atoms with Crippen molar-refractivity contribution in [3.8, 4) is 5.82 Å². The van der Waals surface area contributed by atoms with Crippen molar-refractivity contribution >= 4 is 40.4 Å². The van der Waals surface area contributed by atoms with Crippen LogP contribution in [-0.4, -0.2) is 46.7 Å². The molecule has 0 aromatic carbocycles. The number of pyridine rings is 1. The average Bonchev–Trinajstić information content (AvgIpc) is 3.45. The third kappa shape index (κ3) is 3.40. The second kappa shape index (κ2) is 7.39. The Kier molecular flexibility index (Phi) is 4.83. The van der Waals surface area contributed by atoms with E-state index < -0.39 is 29.8 Å². The lowest BCUT2D eigenvalue weighted by Crippen LogP contribution is -2.39. The van der Waals surface area contributed by atoms with Crippen molar-refractivity contribution in [1.82, 2.24) is 34.6 Å². The third-order valence-electron chi connectivity index (χ3n) is 5.63. The van der Waals surface area contributed by atoms with Crippen molar-refractivity contribution in [2.24, 2.45) is 0 Å². The minimum Gasteiger partial charge on any atom is -0.324 e. The monoisotopic (exact) mass is 496 g/mol. The molecular formula is C19H13Cl2F3N8O. The van der Waals surface area contributed by atoms with E-state index in [1.165, 1.54) is 41.7 Å². The van der Waals surface area contributed by atoms with Crippen LogP contribution in [0.15, 0.2) is 36.9 Å². The zero-order valence-corrected chi connectivity index (χ0v) is 18.2. The molecule has 5 rings (SSSR count). The molecule has 0 spiro atoms. The Morgan fingerprint density at radius 3 is 2.58 bits per heavy atom. The van der Waals surface area contributed by atoms with E-state index in [9.17, 15) is 18.0 Å². The lowest BCUT2D eigenvalue weighted by Gasteiger charge is -2.28. The number of carbonyl (C=O) groups excluding carboxylic acids is 1. The van der Waals surface area contributed by atoms with Gasteiger partial charge in [-0.2, -0.15) is 28.5 Å². The van der Waals surface area contributed by atoms with Gasteiger partial charge < -0.3 is 5.32 Å². The number of nitrogens with one attached hydrogen (secondary N) is 1. The number of fused-ring (bicyclic) bond motifs is 3. The largest absolute Gasteiger partial charge is 0.399 e. The third-order valence-corrected chi connectivity index (χ3v) is 6.09. The molecule has 0 aliphatic heterocycles. The zero-order chi connectivity index (χ0) is 23.5. The first-order valence-electron chi connectivity index (χ1n) is 9.53. The van der Waals surface area contributed by atoms with Gasteiger partial charge in [-0.3, -0.25) is 4.79 Å². The molecule has 1 aliphatic rings. The van der Waals surface area contributed by atoms with Gasteiger partial charge in [0.15, 0.2) is 16.6 Å². The molecule has 4 heterocycles. The molecule has 0 saturated heterocycles. The van der Waals surface area contributed by atoms with Crippen LogP contribution < -0.4 is 5.32 Å². The van der Waals surface area contributed by atoms with Crippen LogP contribution in [0.2, 0.25) is 10.2 Å². The van der Waals surface area contributed by atoms with Gasteiger partial charge in [0, 0.05) is 17.8 Å². The first kappa shape index (κ1) is 21.6. The smallest absolute Gasteiger partial charge is 0.324 e. The van der Waals surface area contributed by atoms with Gasteiger partial charge in [0.25, 0.3) is 0 Å². The highest BCUT2D eigenvalue weighted by molar-refractivity contribution is 6.32. The molecule has 1 amide bonds. The Morgan fingerprint density at radius 2 is 1.91 bits per heavy atom. The predicted octanol–water partition coefficient (Wildman–Crippen LogP) is 3.96. The van der Waals surface area contributed by atoms with Crippen molar-refractivity contribution in [1.29, 1.82) is 0 Å². The molecule has 0 fully saturated rings. The molecule has 0 bridgehead atoms. The predicted molar refractivity (Wildman–Crippen MR) is 112 cm³/mol. The van der Waals surface area contributed by atoms with Crippen LogP contribution in [0.3, 0.4) is 0 Å². The van der Waals surface area contributed by atoms with E-state index in [4.69, 9.17) is 23.2 Å². The van der Waals surface area contributed by atoms with Crippen LogP contribution in [0.25, 0.3) is 11.5 Å². The molecule has 170 valence electrons. The highest BCUT2D eigenvalue weighted by atomic mass is 35.5. The SMILES string of the molecule is C[C@]1(C(F)(F)F)C[C@H](C(=O)Nc2cnc(-n3nccn3)c(Cl)c2)c2cnc3cc(Cl)nn3c21. The van der Waals surface area contributed by atoms with E-state index in [0.29, 0.717) is 0 Å². The summed E-state index contributed by atoms with van der Waals surface area (Å²) in [5.74, 6) is -1.57. The molecule has 9 nitrogen and oxygen atoms in total. The van der Waals surface area contributed by atoms with Gasteiger partial charge in [-0.05, 0) is 19.4 Å². The molecule has 2 atom stereocenters. The van der Waals surface area contributed by atoms with Crippen LogP contribution in [0, 0.1) is 0 Å². The normalized spacial score (nSPS) is 20.2. The Labute approximate surface area is 193 Å². The van der Waals surface area contributed by atoms with Crippen molar-refractivity contribution < 1.29 is 18.0 Å². The summed E-state index contributed by atoms with van der Waals surface area (Å²) in [6.07, 6.45) is 0.304. The number of halogens is 5. The van der Waals surface area contributed by atoms with Crippen LogP contribution in [-0.2, 0) is 10.2 Å². The van der Waals surface area contributed by atoms with Gasteiger partial charge in [0.2, 0.25) is 5.91 Å². The van der Waals surface area contributed by atoms with Crippen LogP contribution in [0.1, 0.15) is 30.5 Å². The van der Waals surface area contributed by atoms with Crippen molar-refractivity contribution in [2.45, 2.75) is 30.9 Å². The highest BCUT2D eigenvalue weighted by Gasteiger charge is 2.60. The summed E-state index contributed by atoms with van der Waals surface area (Å²) in [6, 6.07) is 2.77. The molecule has 0 unspecified atom stereocenters. The number of hydrogen-bond acceptors (Lipinski definition) is 6. The Morgan fingerprint density at radius 1 is 1.18 bits per heavy atom. The molecular weight excluding hydrogens is 484 g/mol. The second-order valence-corrected chi connectivity index (χ2v) is 8.52. The fourth-order valence-electron chi connectivity index (χ4n) is 4.03. The van der Waals surface area contributed by atoms with E-state index in [2.05, 4.69) is 30.6 Å².